The monoisotopic (exact) mass is 396 g/mol. The average Bonchev–Trinajstić information content (AvgIpc) is 2.27. The minimum atomic E-state index is -4.75. The fraction of sp³-hybridized carbons (Fsp3) is 0.400. The first-order chi connectivity index (χ1) is 8.68. The lowest BCUT2D eigenvalue weighted by Gasteiger charge is -2.14. The molecule has 0 aliphatic rings. The van der Waals surface area contributed by atoms with Crippen LogP contribution < -0.4 is 10.5 Å². The predicted molar refractivity (Wildman–Crippen MR) is 75.3 cm³/mol. The van der Waals surface area contributed by atoms with E-state index in [-0.39, 0.29) is 30.0 Å². The Bertz CT molecular complexity index is 552. The molecule has 4 nitrogen and oxygen atoms in total. The number of benzene rings is 1. The largest absolute Gasteiger partial charge is 0.417 e. The highest BCUT2D eigenvalue weighted by Crippen LogP contribution is 2.35. The van der Waals surface area contributed by atoms with Gasteiger partial charge in [-0.3, -0.25) is 0 Å². The van der Waals surface area contributed by atoms with Crippen molar-refractivity contribution in [3.05, 3.63) is 28.2 Å². The van der Waals surface area contributed by atoms with Gasteiger partial charge < -0.3 is 5.73 Å². The van der Waals surface area contributed by atoms with Crippen molar-refractivity contribution in [2.24, 2.45) is 5.73 Å². The van der Waals surface area contributed by atoms with E-state index in [0.717, 1.165) is 12.1 Å². The lowest BCUT2D eigenvalue weighted by Crippen LogP contribution is -2.28. The van der Waals surface area contributed by atoms with Crippen LogP contribution in [0.4, 0.5) is 13.2 Å². The third kappa shape index (κ3) is 5.21. The number of nitrogens with one attached hydrogen (secondary N) is 1. The number of alkyl halides is 3. The van der Waals surface area contributed by atoms with Gasteiger partial charge in [0.05, 0.1) is 10.5 Å². The van der Waals surface area contributed by atoms with Gasteiger partial charge in [-0.1, -0.05) is 15.9 Å². The van der Waals surface area contributed by atoms with Gasteiger partial charge in [-0.15, -0.1) is 12.4 Å². The quantitative estimate of drug-likeness (QED) is 0.750. The van der Waals surface area contributed by atoms with Crippen molar-refractivity contribution in [2.45, 2.75) is 17.5 Å². The highest BCUT2D eigenvalue weighted by atomic mass is 79.9. The Kier molecular flexibility index (Phi) is 7.47. The van der Waals surface area contributed by atoms with E-state index in [9.17, 15) is 21.6 Å². The molecule has 0 aliphatic heterocycles. The van der Waals surface area contributed by atoms with E-state index in [1.165, 1.54) is 6.07 Å². The number of rotatable bonds is 5. The molecule has 1 aromatic carbocycles. The SMILES string of the molecule is Cl.NCCCNS(=O)(=O)c1ccc(Br)cc1C(F)(F)F. The Morgan fingerprint density at radius 1 is 1.30 bits per heavy atom. The molecule has 0 aliphatic carbocycles. The van der Waals surface area contributed by atoms with E-state index in [1.807, 2.05) is 0 Å². The molecule has 0 saturated carbocycles. The molecule has 3 N–H and O–H groups in total. The van der Waals surface area contributed by atoms with Crippen molar-refractivity contribution in [1.29, 1.82) is 0 Å². The molecule has 0 amide bonds. The van der Waals surface area contributed by atoms with E-state index in [1.54, 1.807) is 0 Å². The standard InChI is InChI=1S/C10H12BrF3N2O2S.ClH/c11-7-2-3-9(8(6-7)10(12,13)14)19(17,18)16-5-1-4-15;/h2-3,6,16H,1,4-5,15H2;1H. The second kappa shape index (κ2) is 7.60. The summed E-state index contributed by atoms with van der Waals surface area (Å²) < 4.78 is 64.3. The number of halogens is 5. The van der Waals surface area contributed by atoms with Gasteiger partial charge in [0, 0.05) is 11.0 Å². The van der Waals surface area contributed by atoms with Crippen LogP contribution >= 0.6 is 28.3 Å². The van der Waals surface area contributed by atoms with Crippen LogP contribution in [0.2, 0.25) is 0 Å². The van der Waals surface area contributed by atoms with Gasteiger partial charge in [-0.05, 0) is 31.2 Å². The fourth-order valence-electron chi connectivity index (χ4n) is 1.34. The molecule has 1 aromatic rings. The molecule has 0 spiro atoms. The third-order valence-electron chi connectivity index (χ3n) is 2.21. The first kappa shape index (κ1) is 19.7. The lowest BCUT2D eigenvalue weighted by molar-refractivity contribution is -0.139. The summed E-state index contributed by atoms with van der Waals surface area (Å²) in [7, 11) is -4.21. The molecule has 10 heteroatoms. The van der Waals surface area contributed by atoms with Crippen LogP contribution in [0.25, 0.3) is 0 Å². The molecule has 0 heterocycles. The van der Waals surface area contributed by atoms with Crippen LogP contribution in [-0.2, 0) is 16.2 Å². The van der Waals surface area contributed by atoms with Gasteiger partial charge in [0.15, 0.2) is 0 Å². The van der Waals surface area contributed by atoms with Crippen molar-refractivity contribution in [3.63, 3.8) is 0 Å². The zero-order chi connectivity index (χ0) is 14.7. The highest BCUT2D eigenvalue weighted by molar-refractivity contribution is 9.10. The van der Waals surface area contributed by atoms with Gasteiger partial charge in [-0.25, -0.2) is 13.1 Å². The second-order valence-electron chi connectivity index (χ2n) is 3.68. The molecule has 0 saturated heterocycles. The Morgan fingerprint density at radius 3 is 2.40 bits per heavy atom. The van der Waals surface area contributed by atoms with Gasteiger partial charge in [0.25, 0.3) is 0 Å². The molecule has 0 aromatic heterocycles. The molecule has 20 heavy (non-hydrogen) atoms. The molecule has 0 fully saturated rings. The number of nitrogens with two attached hydrogens (primary N) is 1. The predicted octanol–water partition coefficient (Wildman–Crippen LogP) is 2.52. The summed E-state index contributed by atoms with van der Waals surface area (Å²) in [4.78, 5) is -0.791. The summed E-state index contributed by atoms with van der Waals surface area (Å²) in [6, 6.07) is 2.89. The van der Waals surface area contributed by atoms with Crippen molar-refractivity contribution >= 4 is 38.4 Å². The summed E-state index contributed by atoms with van der Waals surface area (Å²) in [6.45, 7) is 0.237. The van der Waals surface area contributed by atoms with Gasteiger partial charge in [0.2, 0.25) is 10.0 Å². The van der Waals surface area contributed by atoms with E-state index in [4.69, 9.17) is 5.73 Å². The molecule has 0 bridgehead atoms. The molecule has 0 radical (unpaired) electrons. The summed E-state index contributed by atoms with van der Waals surface area (Å²) in [5.74, 6) is 0. The van der Waals surface area contributed by atoms with Crippen molar-refractivity contribution in [2.75, 3.05) is 13.1 Å². The minimum Gasteiger partial charge on any atom is -0.330 e. The van der Waals surface area contributed by atoms with Crippen LogP contribution in [0, 0.1) is 0 Å². The van der Waals surface area contributed by atoms with Crippen LogP contribution in [0.5, 0.6) is 0 Å². The molecule has 1 rings (SSSR count). The number of hydrogen-bond donors (Lipinski definition) is 2. The van der Waals surface area contributed by atoms with E-state index in [0.29, 0.717) is 6.42 Å². The van der Waals surface area contributed by atoms with E-state index >= 15 is 0 Å². The summed E-state index contributed by atoms with van der Waals surface area (Å²) in [5, 5.41) is 0. The van der Waals surface area contributed by atoms with E-state index in [2.05, 4.69) is 20.7 Å². The van der Waals surface area contributed by atoms with Gasteiger partial charge >= 0.3 is 6.18 Å². The van der Waals surface area contributed by atoms with Crippen LogP contribution in [0.3, 0.4) is 0 Å². The second-order valence-corrected chi connectivity index (χ2v) is 6.33. The van der Waals surface area contributed by atoms with Gasteiger partial charge in [0.1, 0.15) is 0 Å². The third-order valence-corrected chi connectivity index (χ3v) is 4.22. The topological polar surface area (TPSA) is 72.2 Å². The zero-order valence-corrected chi connectivity index (χ0v) is 13.3. The van der Waals surface area contributed by atoms with Crippen molar-refractivity contribution < 1.29 is 21.6 Å². The fourth-order valence-corrected chi connectivity index (χ4v) is 2.99. The first-order valence-corrected chi connectivity index (χ1v) is 7.52. The lowest BCUT2D eigenvalue weighted by atomic mass is 10.2. The Balaban J connectivity index is 0.00000361. The van der Waals surface area contributed by atoms with Crippen LogP contribution in [-0.4, -0.2) is 21.5 Å². The smallest absolute Gasteiger partial charge is 0.330 e. The van der Waals surface area contributed by atoms with E-state index < -0.39 is 26.7 Å². The van der Waals surface area contributed by atoms with Crippen molar-refractivity contribution in [3.8, 4) is 0 Å². The highest BCUT2D eigenvalue weighted by Gasteiger charge is 2.37. The Labute approximate surface area is 129 Å². The molecular formula is C10H13BrClF3N2O2S. The molecule has 0 unspecified atom stereocenters. The first-order valence-electron chi connectivity index (χ1n) is 5.25. The maximum Gasteiger partial charge on any atom is 0.417 e. The van der Waals surface area contributed by atoms with Crippen LogP contribution in [0.15, 0.2) is 27.6 Å². The van der Waals surface area contributed by atoms with Crippen LogP contribution in [0.1, 0.15) is 12.0 Å². The van der Waals surface area contributed by atoms with Gasteiger partial charge in [-0.2, -0.15) is 13.2 Å². The van der Waals surface area contributed by atoms with Crippen molar-refractivity contribution in [1.82, 2.24) is 4.72 Å². The number of sulfonamides is 1. The summed E-state index contributed by atoms with van der Waals surface area (Å²) in [5.41, 5.74) is 3.99. The Hall–Kier alpha value is -0.350. The minimum absolute atomic E-state index is 0. The molecular weight excluding hydrogens is 385 g/mol. The molecule has 116 valence electrons. The summed E-state index contributed by atoms with van der Waals surface area (Å²) in [6.07, 6.45) is -4.40. The summed E-state index contributed by atoms with van der Waals surface area (Å²) >= 11 is 2.89. The maximum absolute atomic E-state index is 12.8. The maximum atomic E-state index is 12.8. The zero-order valence-electron chi connectivity index (χ0n) is 10.1. The average molecular weight is 398 g/mol. The number of hydrogen-bond acceptors (Lipinski definition) is 3. The molecule has 0 atom stereocenters. The normalized spacial score (nSPS) is 12.1. The Morgan fingerprint density at radius 2 is 1.90 bits per heavy atom.